The molecule has 1 aliphatic rings. The fourth-order valence-electron chi connectivity index (χ4n) is 3.47. The molecule has 0 unspecified atom stereocenters. The maximum absolute atomic E-state index is 13.7. The van der Waals surface area contributed by atoms with E-state index < -0.39 is 36.2 Å². The summed E-state index contributed by atoms with van der Waals surface area (Å²) in [5.74, 6) is -2.54. The summed E-state index contributed by atoms with van der Waals surface area (Å²) in [6, 6.07) is 15.9. The van der Waals surface area contributed by atoms with E-state index in [1.54, 1.807) is 49.4 Å². The number of carbonyl (C=O) groups excluding carboxylic acids is 4. The maximum atomic E-state index is 13.7. The fourth-order valence-corrected chi connectivity index (χ4v) is 3.64. The zero-order chi connectivity index (χ0) is 25.8. The Hall–Kier alpha value is -4.50. The lowest BCUT2D eigenvalue weighted by molar-refractivity contribution is -0.122. The number of barbiturate groups is 1. The van der Waals surface area contributed by atoms with Crippen LogP contribution >= 0.6 is 11.6 Å². The molecule has 8 nitrogen and oxygen atoms in total. The van der Waals surface area contributed by atoms with Gasteiger partial charge in [0.05, 0.1) is 11.4 Å². The molecule has 0 aromatic heterocycles. The second-order valence-corrected chi connectivity index (χ2v) is 8.14. The molecule has 0 atom stereocenters. The van der Waals surface area contributed by atoms with E-state index >= 15 is 0 Å². The first-order valence-corrected chi connectivity index (χ1v) is 11.1. The third-order valence-electron chi connectivity index (χ3n) is 5.27. The van der Waals surface area contributed by atoms with E-state index in [1.165, 1.54) is 30.3 Å². The molecule has 2 N–H and O–H groups in total. The van der Waals surface area contributed by atoms with Crippen LogP contribution in [0.15, 0.2) is 72.3 Å². The molecule has 4 rings (SSSR count). The van der Waals surface area contributed by atoms with Gasteiger partial charge >= 0.3 is 6.03 Å². The number of imide groups is 2. The largest absolute Gasteiger partial charge is 0.484 e. The molecule has 0 radical (unpaired) electrons. The van der Waals surface area contributed by atoms with Gasteiger partial charge in [-0.15, -0.1) is 0 Å². The Morgan fingerprint density at radius 3 is 2.61 bits per heavy atom. The highest BCUT2D eigenvalue weighted by Crippen LogP contribution is 2.29. The van der Waals surface area contributed by atoms with Crippen molar-refractivity contribution in [2.24, 2.45) is 0 Å². The van der Waals surface area contributed by atoms with Gasteiger partial charge in [0.15, 0.2) is 6.61 Å². The third kappa shape index (κ3) is 5.26. The van der Waals surface area contributed by atoms with Crippen LogP contribution in [0, 0.1) is 12.7 Å². The first kappa shape index (κ1) is 24.6. The van der Waals surface area contributed by atoms with E-state index in [1.807, 2.05) is 0 Å². The summed E-state index contributed by atoms with van der Waals surface area (Å²) >= 11 is 6.13. The van der Waals surface area contributed by atoms with Crippen molar-refractivity contribution >= 4 is 52.8 Å². The molecule has 1 heterocycles. The van der Waals surface area contributed by atoms with E-state index in [2.05, 4.69) is 10.6 Å². The molecule has 0 bridgehead atoms. The van der Waals surface area contributed by atoms with Gasteiger partial charge in [-0.25, -0.2) is 14.1 Å². The summed E-state index contributed by atoms with van der Waals surface area (Å²) in [7, 11) is 0. The highest BCUT2D eigenvalue weighted by atomic mass is 35.5. The van der Waals surface area contributed by atoms with Gasteiger partial charge < -0.3 is 10.1 Å². The molecule has 3 aromatic rings. The number of nitrogens with one attached hydrogen (secondary N) is 2. The van der Waals surface area contributed by atoms with Crippen molar-refractivity contribution in [2.45, 2.75) is 6.92 Å². The van der Waals surface area contributed by atoms with Crippen LogP contribution in [-0.4, -0.2) is 30.4 Å². The molecule has 0 spiro atoms. The number of anilines is 2. The molecule has 3 aromatic carbocycles. The summed E-state index contributed by atoms with van der Waals surface area (Å²) < 4.78 is 19.2. The molecule has 0 aliphatic carbocycles. The number of amides is 5. The van der Waals surface area contributed by atoms with Gasteiger partial charge in [-0.1, -0.05) is 41.9 Å². The Balaban J connectivity index is 1.52. The standard InChI is InChI=1S/C26H19ClFN3O5/c1-15-19(27)8-5-11-22(15)31-25(34)18(24(33)30-26(31)35)13-16-6-4-7-17(12-16)36-14-23(32)29-21-10-3-2-9-20(21)28/h2-13H,14H2,1H3,(H,29,32)(H,30,33,35)/b18-13-. The number of hydrogen-bond acceptors (Lipinski definition) is 5. The van der Waals surface area contributed by atoms with Gasteiger partial charge in [0.1, 0.15) is 17.1 Å². The number of hydrogen-bond donors (Lipinski definition) is 2. The van der Waals surface area contributed by atoms with E-state index in [0.717, 1.165) is 4.90 Å². The number of rotatable bonds is 6. The minimum Gasteiger partial charge on any atom is -0.484 e. The van der Waals surface area contributed by atoms with Crippen molar-refractivity contribution in [3.63, 3.8) is 0 Å². The van der Waals surface area contributed by atoms with Crippen LogP contribution in [0.5, 0.6) is 5.75 Å². The minimum atomic E-state index is -0.884. The number of benzene rings is 3. The second-order valence-electron chi connectivity index (χ2n) is 7.73. The molecule has 1 fully saturated rings. The Bertz CT molecular complexity index is 1420. The van der Waals surface area contributed by atoms with Crippen molar-refractivity contribution in [2.75, 3.05) is 16.8 Å². The van der Waals surface area contributed by atoms with Crippen LogP contribution in [0.4, 0.5) is 20.6 Å². The van der Waals surface area contributed by atoms with E-state index in [9.17, 15) is 23.6 Å². The molecule has 1 aliphatic heterocycles. The second kappa shape index (κ2) is 10.4. The van der Waals surface area contributed by atoms with Crippen molar-refractivity contribution in [1.29, 1.82) is 0 Å². The lowest BCUT2D eigenvalue weighted by atomic mass is 10.1. The van der Waals surface area contributed by atoms with Gasteiger partial charge in [0.25, 0.3) is 17.7 Å². The molecule has 5 amide bonds. The summed E-state index contributed by atoms with van der Waals surface area (Å²) in [6.07, 6.45) is 1.31. The Morgan fingerprint density at radius 2 is 1.83 bits per heavy atom. The Labute approximate surface area is 210 Å². The number of para-hydroxylation sites is 1. The number of ether oxygens (including phenoxy) is 1. The van der Waals surface area contributed by atoms with Crippen LogP contribution in [0.3, 0.4) is 0 Å². The van der Waals surface area contributed by atoms with Crippen LogP contribution in [0.1, 0.15) is 11.1 Å². The monoisotopic (exact) mass is 507 g/mol. The summed E-state index contributed by atoms with van der Waals surface area (Å²) in [6.45, 7) is 1.26. The topological polar surface area (TPSA) is 105 Å². The normalized spacial score (nSPS) is 14.6. The number of carbonyl (C=O) groups is 4. The zero-order valence-corrected chi connectivity index (χ0v) is 19.6. The predicted octanol–water partition coefficient (Wildman–Crippen LogP) is 4.47. The average Bonchev–Trinajstić information content (AvgIpc) is 2.85. The van der Waals surface area contributed by atoms with Gasteiger partial charge in [-0.3, -0.25) is 19.7 Å². The quantitative estimate of drug-likeness (QED) is 0.378. The molecular weight excluding hydrogens is 489 g/mol. The SMILES string of the molecule is Cc1c(Cl)cccc1N1C(=O)NC(=O)/C(=C/c2cccc(OCC(=O)Nc3ccccc3F)c2)C1=O. The Kier molecular flexibility index (Phi) is 7.12. The first-order valence-electron chi connectivity index (χ1n) is 10.7. The summed E-state index contributed by atoms with van der Waals surface area (Å²) in [5, 5.41) is 4.93. The van der Waals surface area contributed by atoms with E-state index in [-0.39, 0.29) is 22.7 Å². The van der Waals surface area contributed by atoms with Crippen LogP contribution in [0.25, 0.3) is 6.08 Å². The highest BCUT2D eigenvalue weighted by Gasteiger charge is 2.37. The smallest absolute Gasteiger partial charge is 0.335 e. The third-order valence-corrected chi connectivity index (χ3v) is 5.68. The predicted molar refractivity (Wildman–Crippen MR) is 132 cm³/mol. The lowest BCUT2D eigenvalue weighted by Gasteiger charge is -2.27. The molecule has 0 saturated carbocycles. The van der Waals surface area contributed by atoms with Gasteiger partial charge in [0, 0.05) is 5.02 Å². The van der Waals surface area contributed by atoms with Crippen LogP contribution < -0.4 is 20.3 Å². The maximum Gasteiger partial charge on any atom is 0.335 e. The molecule has 1 saturated heterocycles. The first-order chi connectivity index (χ1) is 17.2. The average molecular weight is 508 g/mol. The molecular formula is C26H19ClFN3O5. The number of halogens is 2. The van der Waals surface area contributed by atoms with E-state index in [0.29, 0.717) is 16.1 Å². The zero-order valence-electron chi connectivity index (χ0n) is 18.9. The molecule has 36 heavy (non-hydrogen) atoms. The highest BCUT2D eigenvalue weighted by molar-refractivity contribution is 6.40. The van der Waals surface area contributed by atoms with Crippen LogP contribution in [-0.2, 0) is 14.4 Å². The number of nitrogens with zero attached hydrogens (tertiary/aromatic N) is 1. The number of urea groups is 1. The van der Waals surface area contributed by atoms with E-state index in [4.69, 9.17) is 16.3 Å². The fraction of sp³-hybridized carbons (Fsp3) is 0.0769. The summed E-state index contributed by atoms with van der Waals surface area (Å²) in [4.78, 5) is 51.0. The van der Waals surface area contributed by atoms with Crippen molar-refractivity contribution in [3.05, 3.63) is 94.3 Å². The van der Waals surface area contributed by atoms with Crippen molar-refractivity contribution in [3.8, 4) is 5.75 Å². The lowest BCUT2D eigenvalue weighted by Crippen LogP contribution is -2.54. The van der Waals surface area contributed by atoms with Crippen LogP contribution in [0.2, 0.25) is 5.02 Å². The van der Waals surface area contributed by atoms with Gasteiger partial charge in [-0.2, -0.15) is 0 Å². The Morgan fingerprint density at radius 1 is 1.08 bits per heavy atom. The van der Waals surface area contributed by atoms with Gasteiger partial charge in [-0.05, 0) is 60.5 Å². The molecule has 182 valence electrons. The van der Waals surface area contributed by atoms with Crippen molar-refractivity contribution < 1.29 is 28.3 Å². The summed E-state index contributed by atoms with van der Waals surface area (Å²) in [5.41, 5.74) is 0.920. The van der Waals surface area contributed by atoms with Gasteiger partial charge in [0.2, 0.25) is 0 Å². The minimum absolute atomic E-state index is 0.0282. The molecule has 10 heteroatoms. The van der Waals surface area contributed by atoms with Crippen molar-refractivity contribution in [1.82, 2.24) is 5.32 Å².